The van der Waals surface area contributed by atoms with E-state index in [1.807, 2.05) is 12.1 Å². The molecule has 32 heavy (non-hydrogen) atoms. The summed E-state index contributed by atoms with van der Waals surface area (Å²) in [7, 11) is -3.66. The number of aliphatic hydroxyl groups is 2. The summed E-state index contributed by atoms with van der Waals surface area (Å²) in [6.45, 7) is 1.10. The Morgan fingerprint density at radius 2 is 1.84 bits per heavy atom. The third-order valence-electron chi connectivity index (χ3n) is 6.77. The first-order chi connectivity index (χ1) is 15.3. The molecular weight excluding hydrogens is 432 g/mol. The van der Waals surface area contributed by atoms with Crippen LogP contribution in [0.15, 0.2) is 41.5 Å². The predicted molar refractivity (Wildman–Crippen MR) is 118 cm³/mol. The minimum atomic E-state index is -3.66. The van der Waals surface area contributed by atoms with Crippen LogP contribution in [0.3, 0.4) is 0 Å². The van der Waals surface area contributed by atoms with Crippen molar-refractivity contribution >= 4 is 9.84 Å². The molecule has 0 amide bonds. The molecule has 2 aliphatic carbocycles. The van der Waals surface area contributed by atoms with Crippen molar-refractivity contribution in [1.82, 2.24) is 0 Å². The molecule has 7 nitrogen and oxygen atoms in total. The molecule has 0 radical (unpaired) electrons. The second kappa shape index (κ2) is 8.48. The molecule has 1 unspecified atom stereocenters. The van der Waals surface area contributed by atoms with Gasteiger partial charge in [0.2, 0.25) is 0 Å². The fourth-order valence-corrected chi connectivity index (χ4v) is 6.01. The quantitative estimate of drug-likeness (QED) is 0.691. The van der Waals surface area contributed by atoms with Gasteiger partial charge in [-0.3, -0.25) is 0 Å². The van der Waals surface area contributed by atoms with E-state index in [4.69, 9.17) is 14.2 Å². The van der Waals surface area contributed by atoms with Gasteiger partial charge in [0.1, 0.15) is 19.3 Å². The van der Waals surface area contributed by atoms with Crippen molar-refractivity contribution in [3.63, 3.8) is 0 Å². The Labute approximate surface area is 188 Å². The normalized spacial score (nSPS) is 32.8. The number of allylic oxidation sites excluding steroid dienone is 3. The van der Waals surface area contributed by atoms with Gasteiger partial charge in [0, 0.05) is 18.6 Å². The number of fused-ring (bicyclic) bond motifs is 1. The summed E-state index contributed by atoms with van der Waals surface area (Å²) in [5, 5.41) is 20.5. The van der Waals surface area contributed by atoms with Crippen LogP contribution in [0.25, 0.3) is 0 Å². The molecule has 0 aromatic heterocycles. The van der Waals surface area contributed by atoms with Gasteiger partial charge in [-0.05, 0) is 60.4 Å². The molecule has 5 atom stereocenters. The molecule has 2 N–H and O–H groups in total. The monoisotopic (exact) mass is 462 g/mol. The van der Waals surface area contributed by atoms with Crippen molar-refractivity contribution in [2.45, 2.75) is 55.9 Å². The van der Waals surface area contributed by atoms with Crippen LogP contribution in [0.1, 0.15) is 31.2 Å². The van der Waals surface area contributed by atoms with Gasteiger partial charge < -0.3 is 24.4 Å². The summed E-state index contributed by atoms with van der Waals surface area (Å²) in [5.41, 5.74) is 2.31. The molecule has 1 aromatic rings. The average Bonchev–Trinajstić information content (AvgIpc) is 3.60. The lowest BCUT2D eigenvalue weighted by molar-refractivity contribution is -0.148. The third-order valence-corrected chi connectivity index (χ3v) is 8.00. The van der Waals surface area contributed by atoms with Gasteiger partial charge in [-0.2, -0.15) is 0 Å². The first-order valence-corrected chi connectivity index (χ1v) is 13.2. The van der Waals surface area contributed by atoms with Crippen molar-refractivity contribution in [1.29, 1.82) is 0 Å². The van der Waals surface area contributed by atoms with Crippen LogP contribution < -0.4 is 9.47 Å². The molecule has 174 valence electrons. The van der Waals surface area contributed by atoms with E-state index in [1.54, 1.807) is 0 Å². The van der Waals surface area contributed by atoms with E-state index in [-0.39, 0.29) is 12.3 Å². The molecule has 2 fully saturated rings. The van der Waals surface area contributed by atoms with Crippen LogP contribution in [0, 0.1) is 11.8 Å². The highest BCUT2D eigenvalue weighted by atomic mass is 32.2. The lowest BCUT2D eigenvalue weighted by Crippen LogP contribution is -2.53. The van der Waals surface area contributed by atoms with Gasteiger partial charge >= 0.3 is 0 Å². The number of hydrogen-bond donors (Lipinski definition) is 2. The molecular formula is C24H30O7S. The molecule has 1 aromatic carbocycles. The molecule has 8 heteroatoms. The molecule has 2 heterocycles. The maximum absolute atomic E-state index is 12.1. The van der Waals surface area contributed by atoms with Crippen LogP contribution in [-0.2, 0) is 21.0 Å². The zero-order valence-corrected chi connectivity index (χ0v) is 19.0. The van der Waals surface area contributed by atoms with Gasteiger partial charge in [0.05, 0.1) is 12.2 Å². The largest absolute Gasteiger partial charge is 0.486 e. The smallest absolute Gasteiger partial charge is 0.186 e. The highest BCUT2D eigenvalue weighted by molar-refractivity contribution is 7.91. The fourth-order valence-electron chi connectivity index (χ4n) is 4.97. The number of aliphatic hydroxyl groups excluding tert-OH is 2. The third kappa shape index (κ3) is 4.46. The lowest BCUT2D eigenvalue weighted by Gasteiger charge is -2.39. The second-order valence-corrected chi connectivity index (χ2v) is 11.5. The summed E-state index contributed by atoms with van der Waals surface area (Å²) < 4.78 is 41.4. The highest BCUT2D eigenvalue weighted by Crippen LogP contribution is 2.45. The van der Waals surface area contributed by atoms with E-state index in [0.717, 1.165) is 36.2 Å². The topological polar surface area (TPSA) is 102 Å². The van der Waals surface area contributed by atoms with Crippen molar-refractivity contribution < 1.29 is 32.8 Å². The summed E-state index contributed by atoms with van der Waals surface area (Å²) in [6.07, 6.45) is 6.52. The molecule has 2 aliphatic heterocycles. The predicted octanol–water partition coefficient (Wildman–Crippen LogP) is 2.16. The highest BCUT2D eigenvalue weighted by Gasteiger charge is 2.44. The Kier molecular flexibility index (Phi) is 5.82. The van der Waals surface area contributed by atoms with E-state index >= 15 is 0 Å². The summed E-state index contributed by atoms with van der Waals surface area (Å²) >= 11 is 0. The molecule has 5 rings (SSSR count). The molecule has 0 spiro atoms. The van der Waals surface area contributed by atoms with E-state index in [2.05, 4.69) is 18.2 Å². The number of rotatable bonds is 5. The number of hydrogen-bond acceptors (Lipinski definition) is 7. The van der Waals surface area contributed by atoms with Crippen LogP contribution in [0.5, 0.6) is 11.5 Å². The lowest BCUT2D eigenvalue weighted by atomic mass is 9.81. The first-order valence-electron chi connectivity index (χ1n) is 11.3. The SMILES string of the molecule is CS(=O)(=O)[C@H]1O[C@@H](C2C=C(Cc3ccc4c(c3)OCCO4)C(C3CC3)=CC2)C[C@@H](O)[C@@H]1O. The molecule has 1 saturated carbocycles. The van der Waals surface area contributed by atoms with Crippen molar-refractivity contribution in [3.8, 4) is 11.5 Å². The van der Waals surface area contributed by atoms with Crippen LogP contribution in [-0.4, -0.2) is 61.8 Å². The average molecular weight is 463 g/mol. The summed E-state index contributed by atoms with van der Waals surface area (Å²) in [5.74, 6) is 2.06. The van der Waals surface area contributed by atoms with Gasteiger partial charge in [0.15, 0.2) is 26.8 Å². The molecule has 4 aliphatic rings. The van der Waals surface area contributed by atoms with E-state index < -0.39 is 33.6 Å². The van der Waals surface area contributed by atoms with Crippen LogP contribution >= 0.6 is 0 Å². The Morgan fingerprint density at radius 3 is 2.56 bits per heavy atom. The Morgan fingerprint density at radius 1 is 1.09 bits per heavy atom. The maximum Gasteiger partial charge on any atom is 0.186 e. The van der Waals surface area contributed by atoms with E-state index in [9.17, 15) is 18.6 Å². The van der Waals surface area contributed by atoms with Crippen molar-refractivity contribution in [2.24, 2.45) is 11.8 Å². The maximum atomic E-state index is 12.1. The van der Waals surface area contributed by atoms with Crippen molar-refractivity contribution in [2.75, 3.05) is 19.5 Å². The number of sulfone groups is 1. The number of benzene rings is 1. The zero-order valence-electron chi connectivity index (χ0n) is 18.1. The zero-order chi connectivity index (χ0) is 22.5. The summed E-state index contributed by atoms with van der Waals surface area (Å²) in [6, 6.07) is 6.03. The van der Waals surface area contributed by atoms with Crippen molar-refractivity contribution in [3.05, 3.63) is 47.1 Å². The van der Waals surface area contributed by atoms with Crippen LogP contribution in [0.2, 0.25) is 0 Å². The van der Waals surface area contributed by atoms with Gasteiger partial charge in [-0.25, -0.2) is 8.42 Å². The minimum Gasteiger partial charge on any atom is -0.486 e. The van der Waals surface area contributed by atoms with Gasteiger partial charge in [0.25, 0.3) is 0 Å². The Balaban J connectivity index is 1.39. The standard InChI is InChI=1S/C24H30O7S/c1-32(27,28)24-23(26)19(25)13-21(31-24)16-5-6-18(15-3-4-15)17(12-16)10-14-2-7-20-22(11-14)30-9-8-29-20/h2,6-7,11-12,15-16,19,21,23-26H,3-5,8-10,13H2,1H3/t16?,19-,21-,23+,24-/m1/s1. The Hall–Kier alpha value is -1.87. The van der Waals surface area contributed by atoms with Crippen LogP contribution in [0.4, 0.5) is 0 Å². The van der Waals surface area contributed by atoms with E-state index in [0.29, 0.717) is 19.1 Å². The second-order valence-electron chi connectivity index (χ2n) is 9.35. The fraction of sp³-hybridized carbons (Fsp3) is 0.583. The molecule has 0 bridgehead atoms. The summed E-state index contributed by atoms with van der Waals surface area (Å²) in [4.78, 5) is 0. The first kappa shape index (κ1) is 21.9. The minimum absolute atomic E-state index is 0.0592. The van der Waals surface area contributed by atoms with E-state index in [1.165, 1.54) is 24.0 Å². The Bertz CT molecular complexity index is 1040. The molecule has 1 saturated heterocycles. The van der Waals surface area contributed by atoms with Gasteiger partial charge in [-0.15, -0.1) is 0 Å². The number of ether oxygens (including phenoxy) is 3. The van der Waals surface area contributed by atoms with Gasteiger partial charge in [-0.1, -0.05) is 18.2 Å².